The Balaban J connectivity index is 1.46. The quantitative estimate of drug-likeness (QED) is 0.381. The zero-order chi connectivity index (χ0) is 22.7. The molecule has 0 radical (unpaired) electrons. The molecule has 1 N–H and O–H groups in total. The van der Waals surface area contributed by atoms with Crippen LogP contribution >= 0.6 is 0 Å². The van der Waals surface area contributed by atoms with E-state index in [2.05, 4.69) is 0 Å². The maximum atomic E-state index is 12.8. The molecule has 0 bridgehead atoms. The first-order valence-electron chi connectivity index (χ1n) is 9.73. The summed E-state index contributed by atoms with van der Waals surface area (Å²) in [7, 11) is -3.59. The summed E-state index contributed by atoms with van der Waals surface area (Å²) in [5.41, 5.74) is 0.991. The average molecular weight is 465 g/mol. The molecule has 5 nitrogen and oxygen atoms in total. The fourth-order valence-corrected chi connectivity index (χ4v) is 5.31. The highest BCUT2D eigenvalue weighted by molar-refractivity contribution is 7.91. The SMILES string of the molecule is Cc1ccc(S(=O)(=O)c2ccc(Oc3ccc([S@+]([O-])c4ccc(O)cc4)cc3)cc2)cc1. The predicted octanol–water partition coefficient (Wildman–Crippen LogP) is 5.49. The molecule has 7 heteroatoms. The number of rotatable bonds is 6. The maximum Gasteiger partial charge on any atom is 0.206 e. The van der Waals surface area contributed by atoms with Crippen molar-refractivity contribution in [1.29, 1.82) is 0 Å². The lowest BCUT2D eigenvalue weighted by Crippen LogP contribution is -2.02. The Morgan fingerprint density at radius 3 is 1.59 bits per heavy atom. The van der Waals surface area contributed by atoms with Crippen LogP contribution in [0.3, 0.4) is 0 Å². The molecule has 0 fully saturated rings. The highest BCUT2D eigenvalue weighted by Crippen LogP contribution is 2.28. The van der Waals surface area contributed by atoms with Crippen molar-refractivity contribution >= 4 is 21.0 Å². The van der Waals surface area contributed by atoms with Crippen molar-refractivity contribution in [2.45, 2.75) is 26.5 Å². The van der Waals surface area contributed by atoms with Gasteiger partial charge < -0.3 is 14.4 Å². The molecule has 0 aliphatic carbocycles. The first kappa shape index (κ1) is 22.0. The van der Waals surface area contributed by atoms with E-state index in [1.165, 1.54) is 24.3 Å². The van der Waals surface area contributed by atoms with E-state index in [4.69, 9.17) is 4.74 Å². The molecule has 162 valence electrons. The van der Waals surface area contributed by atoms with Gasteiger partial charge >= 0.3 is 0 Å². The Labute approximate surface area is 190 Å². The van der Waals surface area contributed by atoms with Crippen molar-refractivity contribution in [3.63, 3.8) is 0 Å². The lowest BCUT2D eigenvalue weighted by molar-refractivity contribution is 0.474. The fraction of sp³-hybridized carbons (Fsp3) is 0.0400. The minimum atomic E-state index is -3.59. The Kier molecular flexibility index (Phi) is 6.23. The summed E-state index contributed by atoms with van der Waals surface area (Å²) < 4.78 is 44.0. The van der Waals surface area contributed by atoms with Gasteiger partial charge in [0.25, 0.3) is 0 Å². The molecule has 0 amide bonds. The van der Waals surface area contributed by atoms with Gasteiger partial charge in [-0.05, 0) is 91.9 Å². The van der Waals surface area contributed by atoms with Gasteiger partial charge in [-0.2, -0.15) is 0 Å². The molecule has 0 heterocycles. The van der Waals surface area contributed by atoms with Gasteiger partial charge in [0.2, 0.25) is 9.84 Å². The van der Waals surface area contributed by atoms with Gasteiger partial charge in [-0.3, -0.25) is 0 Å². The monoisotopic (exact) mass is 464 g/mol. The lowest BCUT2D eigenvalue weighted by Gasteiger charge is -2.11. The largest absolute Gasteiger partial charge is 0.606 e. The zero-order valence-corrected chi connectivity index (χ0v) is 18.8. The number of sulfone groups is 1. The topological polar surface area (TPSA) is 86.7 Å². The van der Waals surface area contributed by atoms with Crippen LogP contribution in [-0.2, 0) is 21.0 Å². The van der Waals surface area contributed by atoms with Crippen molar-refractivity contribution < 1.29 is 22.8 Å². The predicted molar refractivity (Wildman–Crippen MR) is 122 cm³/mol. The van der Waals surface area contributed by atoms with Crippen LogP contribution in [-0.4, -0.2) is 18.1 Å². The molecular weight excluding hydrogens is 444 g/mol. The first-order chi connectivity index (χ1) is 15.3. The van der Waals surface area contributed by atoms with Gasteiger partial charge in [-0.25, -0.2) is 8.42 Å². The summed E-state index contributed by atoms with van der Waals surface area (Å²) in [5.74, 6) is 1.14. The van der Waals surface area contributed by atoms with Crippen molar-refractivity contribution in [3.8, 4) is 17.2 Å². The Morgan fingerprint density at radius 2 is 1.09 bits per heavy atom. The molecule has 4 aromatic carbocycles. The second kappa shape index (κ2) is 9.08. The van der Waals surface area contributed by atoms with Gasteiger partial charge in [0.1, 0.15) is 17.2 Å². The average Bonchev–Trinajstić information content (AvgIpc) is 2.80. The number of phenolic OH excluding ortho intramolecular Hbond substituents is 1. The van der Waals surface area contributed by atoms with E-state index in [1.807, 2.05) is 6.92 Å². The second-order valence-corrected chi connectivity index (χ2v) is 10.6. The third-order valence-corrected chi connectivity index (χ3v) is 7.98. The maximum absolute atomic E-state index is 12.8. The number of aromatic hydroxyl groups is 1. The zero-order valence-electron chi connectivity index (χ0n) is 17.1. The van der Waals surface area contributed by atoms with E-state index < -0.39 is 21.0 Å². The standard InChI is InChI=1S/C25H20O5S2/c1-18-2-14-24(15-3-18)32(28,29)25-16-8-21(9-17-25)30-20-6-12-23(13-7-20)31(27)22-10-4-19(26)5-11-22/h2-17,26H,1H3/t31-/m1/s1. The molecule has 4 rings (SSSR count). The summed E-state index contributed by atoms with van der Waals surface area (Å²) in [6.45, 7) is 1.90. The van der Waals surface area contributed by atoms with E-state index in [1.54, 1.807) is 72.8 Å². The van der Waals surface area contributed by atoms with Crippen molar-refractivity contribution in [3.05, 3.63) is 103 Å². The fourth-order valence-electron chi connectivity index (χ4n) is 3.01. The van der Waals surface area contributed by atoms with Crippen LogP contribution in [0.15, 0.2) is 117 Å². The van der Waals surface area contributed by atoms with Gasteiger partial charge in [-0.1, -0.05) is 17.7 Å². The number of hydrogen-bond acceptors (Lipinski definition) is 5. The van der Waals surface area contributed by atoms with E-state index in [9.17, 15) is 18.1 Å². The number of benzene rings is 4. The summed E-state index contributed by atoms with van der Waals surface area (Å²) in [6.07, 6.45) is 0. The summed E-state index contributed by atoms with van der Waals surface area (Å²) >= 11 is -1.38. The minimum absolute atomic E-state index is 0.118. The molecule has 0 aromatic heterocycles. The number of phenols is 1. The van der Waals surface area contributed by atoms with Crippen LogP contribution in [0.5, 0.6) is 17.2 Å². The molecule has 0 aliphatic rings. The second-order valence-electron chi connectivity index (χ2n) is 7.12. The van der Waals surface area contributed by atoms with Crippen LogP contribution in [0, 0.1) is 6.92 Å². The van der Waals surface area contributed by atoms with Crippen molar-refractivity contribution in [2.24, 2.45) is 0 Å². The van der Waals surface area contributed by atoms with Crippen molar-refractivity contribution in [1.82, 2.24) is 0 Å². The molecule has 0 saturated carbocycles. The molecule has 4 aromatic rings. The molecule has 0 aliphatic heterocycles. The Morgan fingerprint density at radius 1 is 0.688 bits per heavy atom. The van der Waals surface area contributed by atoms with E-state index in [0.717, 1.165) is 5.56 Å². The van der Waals surface area contributed by atoms with Crippen LogP contribution in [0.25, 0.3) is 0 Å². The lowest BCUT2D eigenvalue weighted by atomic mass is 10.2. The molecule has 32 heavy (non-hydrogen) atoms. The molecule has 0 saturated heterocycles. The Hall–Kier alpha value is -3.26. The first-order valence-corrected chi connectivity index (χ1v) is 12.4. The van der Waals surface area contributed by atoms with E-state index >= 15 is 0 Å². The van der Waals surface area contributed by atoms with Crippen LogP contribution in [0.1, 0.15) is 5.56 Å². The summed E-state index contributed by atoms with van der Waals surface area (Å²) in [5, 5.41) is 9.37. The highest BCUT2D eigenvalue weighted by atomic mass is 32.2. The van der Waals surface area contributed by atoms with E-state index in [-0.39, 0.29) is 15.5 Å². The number of hydrogen-bond donors (Lipinski definition) is 1. The molecular formula is C25H20O5S2. The highest BCUT2D eigenvalue weighted by Gasteiger charge is 2.18. The van der Waals surface area contributed by atoms with E-state index in [0.29, 0.717) is 21.3 Å². The number of aryl methyl sites for hydroxylation is 1. The smallest absolute Gasteiger partial charge is 0.206 e. The van der Waals surface area contributed by atoms with Crippen molar-refractivity contribution in [2.75, 3.05) is 0 Å². The Bertz CT molecular complexity index is 1300. The van der Waals surface area contributed by atoms with Crippen LogP contribution < -0.4 is 4.74 Å². The van der Waals surface area contributed by atoms with Gasteiger partial charge in [0, 0.05) is 11.2 Å². The minimum Gasteiger partial charge on any atom is -0.606 e. The third-order valence-electron chi connectivity index (χ3n) is 4.79. The normalized spacial score (nSPS) is 12.3. The summed E-state index contributed by atoms with van der Waals surface area (Å²) in [6, 6.07) is 26.0. The van der Waals surface area contributed by atoms with Gasteiger partial charge in [-0.15, -0.1) is 0 Å². The van der Waals surface area contributed by atoms with Crippen LogP contribution in [0.2, 0.25) is 0 Å². The molecule has 0 spiro atoms. The van der Waals surface area contributed by atoms with Crippen LogP contribution in [0.4, 0.5) is 0 Å². The molecule has 1 atom stereocenters. The number of ether oxygens (including phenoxy) is 1. The molecule has 0 unspecified atom stereocenters. The summed E-state index contributed by atoms with van der Waals surface area (Å²) in [4.78, 5) is 1.62. The van der Waals surface area contributed by atoms with Gasteiger partial charge in [0.15, 0.2) is 9.79 Å². The third kappa shape index (κ3) is 4.80. The van der Waals surface area contributed by atoms with Gasteiger partial charge in [0.05, 0.1) is 9.79 Å².